The van der Waals surface area contributed by atoms with E-state index in [1.165, 1.54) is 0 Å². The minimum Gasteiger partial charge on any atom is -0.368 e. The second-order valence-electron chi connectivity index (χ2n) is 0.760. The van der Waals surface area contributed by atoms with Crippen LogP contribution in [0, 0.1) is 0 Å². The number of hydrogen-bond acceptors (Lipinski definition) is 3. The summed E-state index contributed by atoms with van der Waals surface area (Å²) < 4.78 is 20.1. The first-order valence-electron chi connectivity index (χ1n) is 2.73. The first-order valence-corrected chi connectivity index (χ1v) is 1.39. The third kappa shape index (κ3) is 0.314. The van der Waals surface area contributed by atoms with E-state index in [1.54, 1.807) is 0 Å². The van der Waals surface area contributed by atoms with E-state index in [0.29, 0.717) is 5.09 Å². The maximum absolute atomic E-state index is 6.84. The average molecular weight is 87.1 g/mol. The molecule has 1 aromatic rings. The molecule has 0 amide bonds. The molecule has 0 saturated carbocycles. The van der Waals surface area contributed by atoms with Crippen molar-refractivity contribution in [2.75, 3.05) is 5.72 Å². The van der Waals surface area contributed by atoms with Gasteiger partial charge in [-0.05, 0) is 0 Å². The van der Waals surface area contributed by atoms with E-state index in [4.69, 9.17) is 4.24 Å². The molecule has 0 fully saturated rings. The molecule has 0 aliphatic heterocycles. The van der Waals surface area contributed by atoms with Crippen molar-refractivity contribution in [2.24, 2.45) is 0 Å². The van der Waals surface area contributed by atoms with Crippen molar-refractivity contribution in [1.29, 1.82) is 0 Å². The third-order valence-electron chi connectivity index (χ3n) is 0.372. The fourth-order valence-electron chi connectivity index (χ4n) is 0.181. The highest BCUT2D eigenvalue weighted by atomic mass is 15.2. The van der Waals surface area contributed by atoms with E-state index in [2.05, 4.69) is 10.1 Å². The molecule has 0 radical (unpaired) electrons. The van der Waals surface area contributed by atoms with Crippen LogP contribution in [0.2, 0.25) is 4.24 Å². The van der Waals surface area contributed by atoms with Gasteiger partial charge in [-0.1, -0.05) is 0 Å². The Morgan fingerprint density at radius 3 is 3.67 bits per heavy atom. The lowest BCUT2D eigenvalue weighted by molar-refractivity contribution is 1.10. The minimum absolute atomic E-state index is 0.130. The van der Waals surface area contributed by atoms with Gasteiger partial charge in [-0.25, -0.2) is 10.1 Å². The summed E-state index contributed by atoms with van der Waals surface area (Å²) in [5.74, 6) is -0.130. The van der Waals surface area contributed by atoms with E-state index in [9.17, 15) is 0 Å². The minimum atomic E-state index is -0.130. The normalized spacial score (nSPS) is 15.0. The van der Waals surface area contributed by atoms with Crippen LogP contribution in [0.4, 0.5) is 5.95 Å². The zero-order valence-electron chi connectivity index (χ0n) is 5.87. The summed E-state index contributed by atoms with van der Waals surface area (Å²) in [5.41, 5.74) is 0.222. The maximum Gasteiger partial charge on any atom is 0.215 e. The zero-order valence-corrected chi connectivity index (χ0v) is 2.87. The molecule has 0 atom stereocenters. The highest BCUT2D eigenvalue weighted by Crippen LogP contribution is 1.76. The number of nitrogens with two attached hydrogens (primary N) is 1. The lowest BCUT2D eigenvalue weighted by atomic mass is 11.1. The highest BCUT2D eigenvalue weighted by molar-refractivity contribution is 5.07. The molecule has 4 nitrogen and oxygen atoms in total. The molecule has 6 heavy (non-hydrogen) atoms. The van der Waals surface area contributed by atoms with Gasteiger partial charge in [0, 0.05) is 0 Å². The van der Waals surface area contributed by atoms with Crippen LogP contribution in [-0.4, -0.2) is 15.2 Å². The van der Waals surface area contributed by atoms with Crippen molar-refractivity contribution in [2.45, 2.75) is 0 Å². The Bertz CT molecular complexity index is 195. The first-order chi connectivity index (χ1) is 4.22. The largest absolute Gasteiger partial charge is 0.368 e. The van der Waals surface area contributed by atoms with Crippen molar-refractivity contribution in [3.05, 3.63) is 6.33 Å². The Morgan fingerprint density at radius 1 is 2.33 bits per heavy atom. The van der Waals surface area contributed by atoms with Crippen molar-refractivity contribution >= 4 is 5.95 Å². The SMILES string of the molecule is [2H]N([2H])c1ncnn1[2H]. The van der Waals surface area contributed by atoms with Crippen molar-refractivity contribution in [1.82, 2.24) is 15.2 Å². The van der Waals surface area contributed by atoms with E-state index in [1.807, 2.05) is 0 Å². The molecule has 0 aliphatic rings. The molecule has 0 aliphatic carbocycles. The topological polar surface area (TPSA) is 67.6 Å². The van der Waals surface area contributed by atoms with Gasteiger partial charge >= 0.3 is 0 Å². The fourth-order valence-corrected chi connectivity index (χ4v) is 0.181. The Labute approximate surface area is 38.8 Å². The number of aromatic nitrogens is 3. The van der Waals surface area contributed by atoms with Crippen LogP contribution < -0.4 is 5.72 Å². The van der Waals surface area contributed by atoms with Crippen molar-refractivity contribution in [3.63, 3.8) is 0 Å². The van der Waals surface area contributed by atoms with E-state index in [-0.39, 0.29) is 11.7 Å². The number of anilines is 1. The van der Waals surface area contributed by atoms with Gasteiger partial charge < -0.3 is 5.72 Å². The maximum atomic E-state index is 6.84. The Kier molecular flexibility index (Phi) is 0.196. The van der Waals surface area contributed by atoms with E-state index >= 15 is 0 Å². The van der Waals surface area contributed by atoms with Crippen molar-refractivity contribution < 1.29 is 4.24 Å². The smallest absolute Gasteiger partial charge is 0.215 e. The van der Waals surface area contributed by atoms with Crippen LogP contribution in [0.5, 0.6) is 0 Å². The van der Waals surface area contributed by atoms with Crippen LogP contribution in [-0.2, 0) is 0 Å². The van der Waals surface area contributed by atoms with Gasteiger partial charge in [-0.3, -0.25) is 0 Å². The van der Waals surface area contributed by atoms with E-state index in [0.717, 1.165) is 6.33 Å². The summed E-state index contributed by atoms with van der Waals surface area (Å²) >= 11 is 0. The fraction of sp³-hybridized carbons (Fsp3) is 0. The summed E-state index contributed by atoms with van der Waals surface area (Å²) in [5, 5.41) is 3.93. The molecule has 32 valence electrons. The van der Waals surface area contributed by atoms with Crippen LogP contribution in [0.25, 0.3) is 0 Å². The summed E-state index contributed by atoms with van der Waals surface area (Å²) in [6.45, 7) is 0. The molecule has 0 bridgehead atoms. The summed E-state index contributed by atoms with van der Waals surface area (Å²) in [4.78, 5) is 3.43. The third-order valence-corrected chi connectivity index (χ3v) is 0.372. The second kappa shape index (κ2) is 0.965. The highest BCUT2D eigenvalue weighted by Gasteiger charge is 1.75. The number of nitrogen functional groups attached to an aromatic ring is 1. The zero-order chi connectivity index (χ0) is 6.85. The number of nitrogens with zero attached hydrogens (tertiary/aromatic N) is 2. The quantitative estimate of drug-likeness (QED) is 0.480. The lowest BCUT2D eigenvalue weighted by Crippen LogP contribution is -1.84. The molecular weight excluding hydrogens is 80.1 g/mol. The molecule has 4 heteroatoms. The van der Waals surface area contributed by atoms with Gasteiger partial charge in [0.2, 0.25) is 5.95 Å². The van der Waals surface area contributed by atoms with Crippen molar-refractivity contribution in [3.8, 4) is 0 Å². The second-order valence-corrected chi connectivity index (χ2v) is 0.760. The molecule has 0 spiro atoms. The van der Waals surface area contributed by atoms with Gasteiger partial charge in [0.25, 0.3) is 0 Å². The van der Waals surface area contributed by atoms with Gasteiger partial charge in [0.05, 0.1) is 0 Å². The van der Waals surface area contributed by atoms with Gasteiger partial charge in [0.15, 0.2) is 4.24 Å². The number of aromatic amines is 1. The Hall–Kier alpha value is -1.06. The molecule has 3 N–H and O–H groups in total. The summed E-state index contributed by atoms with van der Waals surface area (Å²) in [7, 11) is 0. The Balaban J connectivity index is 2.94. The summed E-state index contributed by atoms with van der Waals surface area (Å²) in [6, 6.07) is 0. The number of nitrogens with one attached hydrogen (secondary N) is 1. The molecule has 0 saturated heterocycles. The standard InChI is InChI=1S/C2H4N4/c3-2-4-1-5-6-2/h1H,(H3,3,4,5,6)/i/hD3. The predicted octanol–water partition coefficient (Wildman–Crippen LogP) is -0.613. The molecular formula is C2H4N4. The predicted molar refractivity (Wildman–Crippen MR) is 20.8 cm³/mol. The number of H-pyrrole nitrogens is 1. The van der Waals surface area contributed by atoms with Gasteiger partial charge in [-0.15, -0.1) is 0 Å². The first kappa shape index (κ1) is 1.22. The van der Waals surface area contributed by atoms with Crippen LogP contribution in [0.15, 0.2) is 6.33 Å². The lowest BCUT2D eigenvalue weighted by Gasteiger charge is -1.68. The number of hydrogen-bond donors (Lipinski definition) is 2. The Morgan fingerprint density at radius 2 is 3.33 bits per heavy atom. The van der Waals surface area contributed by atoms with E-state index < -0.39 is 0 Å². The van der Waals surface area contributed by atoms with Crippen LogP contribution in [0.3, 0.4) is 0 Å². The average Bonchev–Trinajstić information content (AvgIpc) is 2.13. The monoisotopic (exact) mass is 87.1 g/mol. The van der Waals surface area contributed by atoms with Gasteiger partial charge in [-0.2, -0.15) is 5.10 Å². The molecule has 1 aromatic heterocycles. The molecule has 1 rings (SSSR count). The number of rotatable bonds is 1. The molecule has 0 aromatic carbocycles. The molecule has 1 heterocycles. The van der Waals surface area contributed by atoms with Crippen LogP contribution >= 0.6 is 0 Å². The molecule has 0 unspecified atom stereocenters. The van der Waals surface area contributed by atoms with Gasteiger partial charge in [0.1, 0.15) is 6.33 Å². The van der Waals surface area contributed by atoms with Crippen LogP contribution in [0.1, 0.15) is 0 Å². The summed E-state index contributed by atoms with van der Waals surface area (Å²) in [6.07, 6.45) is 1.11.